The monoisotopic (exact) mass is 252 g/mol. The molecule has 0 spiro atoms. The van der Waals surface area contributed by atoms with Gasteiger partial charge in [-0.25, -0.2) is 0 Å². The third kappa shape index (κ3) is 2.33. The Morgan fingerprint density at radius 1 is 1.36 bits per heavy atom. The van der Waals surface area contributed by atoms with Crippen molar-refractivity contribution in [2.24, 2.45) is 0 Å². The summed E-state index contributed by atoms with van der Waals surface area (Å²) in [5.74, 6) is 0. The van der Waals surface area contributed by atoms with E-state index in [4.69, 9.17) is 23.2 Å². The van der Waals surface area contributed by atoms with E-state index in [0.29, 0.717) is 10.3 Å². The third-order valence-corrected chi connectivity index (χ3v) is 4.82. The van der Waals surface area contributed by atoms with Crippen LogP contribution in [0.15, 0.2) is 6.33 Å². The van der Waals surface area contributed by atoms with Gasteiger partial charge in [0.25, 0.3) is 0 Å². The summed E-state index contributed by atoms with van der Waals surface area (Å²) in [4.78, 5) is 7.72. The average Bonchev–Trinajstić information content (AvgIpc) is 1.97. The normalized spacial score (nSPS) is 11.2. The van der Waals surface area contributed by atoms with Gasteiger partial charge in [-0.3, -0.25) is 0 Å². The zero-order valence-corrected chi connectivity index (χ0v) is 9.54. The molecule has 0 N–H and O–H groups in total. The second-order valence-electron chi connectivity index (χ2n) is 1.86. The Morgan fingerprint density at radius 3 is 2.36 bits per heavy atom. The van der Waals surface area contributed by atoms with E-state index in [1.54, 1.807) is 0 Å². The molecule has 0 aliphatic heterocycles. The fourth-order valence-corrected chi connectivity index (χ4v) is 3.30. The van der Waals surface area contributed by atoms with Crippen molar-refractivity contribution < 1.29 is 0 Å². The summed E-state index contributed by atoms with van der Waals surface area (Å²) in [5.41, 5.74) is 0. The number of hydrogen-bond donors (Lipinski definition) is 0. The molecule has 1 heterocycles. The van der Waals surface area contributed by atoms with Gasteiger partial charge in [0.15, 0.2) is 0 Å². The molecule has 0 fully saturated rings. The van der Waals surface area contributed by atoms with Crippen LogP contribution < -0.4 is 4.35 Å². The SMILES string of the molecule is CC[AsH]c1c(Cl)ncnc1Cl. The maximum absolute atomic E-state index is 5.80. The van der Waals surface area contributed by atoms with E-state index in [1.807, 2.05) is 0 Å². The number of hydrogen-bond acceptors (Lipinski definition) is 2. The van der Waals surface area contributed by atoms with Gasteiger partial charge in [0.2, 0.25) is 0 Å². The Morgan fingerprint density at radius 2 is 1.91 bits per heavy atom. The predicted molar refractivity (Wildman–Crippen MR) is 49.3 cm³/mol. The molecule has 60 valence electrons. The van der Waals surface area contributed by atoms with E-state index < -0.39 is 0 Å². The van der Waals surface area contributed by atoms with Crippen molar-refractivity contribution in [3.05, 3.63) is 16.6 Å². The van der Waals surface area contributed by atoms with Crippen LogP contribution in [-0.4, -0.2) is 25.7 Å². The summed E-state index contributed by atoms with van der Waals surface area (Å²) < 4.78 is 0.971. The van der Waals surface area contributed by atoms with Crippen molar-refractivity contribution in [2.75, 3.05) is 0 Å². The van der Waals surface area contributed by atoms with Gasteiger partial charge in [-0.15, -0.1) is 0 Å². The van der Waals surface area contributed by atoms with E-state index in [9.17, 15) is 0 Å². The van der Waals surface area contributed by atoms with Gasteiger partial charge in [-0.1, -0.05) is 0 Å². The number of halogens is 2. The Hall–Kier alpha value is 0.218. The van der Waals surface area contributed by atoms with Gasteiger partial charge in [0, 0.05) is 0 Å². The van der Waals surface area contributed by atoms with Gasteiger partial charge in [0.05, 0.1) is 0 Å². The summed E-state index contributed by atoms with van der Waals surface area (Å²) in [5, 5.41) is 2.16. The minimum absolute atomic E-state index is 0.230. The molecule has 1 rings (SSSR count). The van der Waals surface area contributed by atoms with Crippen LogP contribution >= 0.6 is 23.2 Å². The van der Waals surface area contributed by atoms with Crippen LogP contribution in [0, 0.1) is 0 Å². The Bertz CT molecular complexity index is 234. The van der Waals surface area contributed by atoms with Gasteiger partial charge >= 0.3 is 82.0 Å². The molecule has 0 aromatic carbocycles. The Labute approximate surface area is 82.0 Å². The summed E-state index contributed by atoms with van der Waals surface area (Å²) in [6.45, 7) is 2.11. The molecule has 0 amide bonds. The predicted octanol–water partition coefficient (Wildman–Crippen LogP) is 1.28. The molecule has 5 heteroatoms. The van der Waals surface area contributed by atoms with Crippen LogP contribution in [0.2, 0.25) is 15.5 Å². The molecule has 0 aliphatic carbocycles. The molecule has 2 nitrogen and oxygen atoms in total. The van der Waals surface area contributed by atoms with E-state index in [0.717, 1.165) is 9.56 Å². The summed E-state index contributed by atoms with van der Waals surface area (Å²) >= 11 is 11.4. The summed E-state index contributed by atoms with van der Waals surface area (Å²) in [7, 11) is 0. The Balaban J connectivity index is 3.00. The van der Waals surface area contributed by atoms with Crippen LogP contribution in [0.3, 0.4) is 0 Å². The molecular formula is C6H7AsCl2N2. The summed E-state index contributed by atoms with van der Waals surface area (Å²) in [6.07, 6.45) is 1.38. The second kappa shape index (κ2) is 4.30. The topological polar surface area (TPSA) is 25.8 Å². The molecule has 1 aromatic heterocycles. The molecule has 1 atom stereocenters. The maximum atomic E-state index is 5.80. The zero-order chi connectivity index (χ0) is 8.27. The molecule has 0 bridgehead atoms. The first kappa shape index (κ1) is 9.31. The quantitative estimate of drug-likeness (QED) is 0.586. The second-order valence-corrected chi connectivity index (χ2v) is 5.85. The average molecular weight is 253 g/mol. The van der Waals surface area contributed by atoms with Gasteiger partial charge < -0.3 is 0 Å². The van der Waals surface area contributed by atoms with Crippen molar-refractivity contribution in [1.82, 2.24) is 9.97 Å². The molecule has 1 unspecified atom stereocenters. The zero-order valence-electron chi connectivity index (χ0n) is 5.93. The first-order valence-corrected chi connectivity index (χ1v) is 6.44. The van der Waals surface area contributed by atoms with Crippen molar-refractivity contribution in [3.63, 3.8) is 0 Å². The van der Waals surface area contributed by atoms with Crippen LogP contribution in [0.25, 0.3) is 0 Å². The fourth-order valence-electron chi connectivity index (χ4n) is 0.667. The van der Waals surface area contributed by atoms with Crippen molar-refractivity contribution in [2.45, 2.75) is 12.1 Å². The van der Waals surface area contributed by atoms with Crippen LogP contribution in [0.5, 0.6) is 0 Å². The first-order valence-electron chi connectivity index (χ1n) is 3.15. The first-order chi connectivity index (χ1) is 5.25. The molecule has 0 aliphatic rings. The van der Waals surface area contributed by atoms with Gasteiger partial charge in [-0.05, 0) is 0 Å². The van der Waals surface area contributed by atoms with Crippen molar-refractivity contribution >= 4 is 43.3 Å². The minimum atomic E-state index is -0.230. The van der Waals surface area contributed by atoms with Crippen LogP contribution in [0.1, 0.15) is 6.92 Å². The van der Waals surface area contributed by atoms with E-state index >= 15 is 0 Å². The van der Waals surface area contributed by atoms with Crippen molar-refractivity contribution in [3.8, 4) is 0 Å². The van der Waals surface area contributed by atoms with E-state index in [-0.39, 0.29) is 15.8 Å². The van der Waals surface area contributed by atoms with Crippen LogP contribution in [-0.2, 0) is 0 Å². The van der Waals surface area contributed by atoms with E-state index in [2.05, 4.69) is 16.9 Å². The molecule has 0 saturated carbocycles. The molecule has 1 aromatic rings. The van der Waals surface area contributed by atoms with Gasteiger partial charge in [-0.2, -0.15) is 0 Å². The number of aromatic nitrogens is 2. The molecule has 11 heavy (non-hydrogen) atoms. The fraction of sp³-hybridized carbons (Fsp3) is 0.333. The van der Waals surface area contributed by atoms with Crippen LogP contribution in [0.4, 0.5) is 0 Å². The Kier molecular flexibility index (Phi) is 3.63. The summed E-state index contributed by atoms with van der Waals surface area (Å²) in [6, 6.07) is 0. The number of nitrogens with zero attached hydrogens (tertiary/aromatic N) is 2. The standard InChI is InChI=1S/C6H7AsCl2N2/c1-2-7-4-5(8)10-3-11-6(4)9/h3,7H,2H2,1H3. The van der Waals surface area contributed by atoms with E-state index in [1.165, 1.54) is 6.33 Å². The van der Waals surface area contributed by atoms with Crippen molar-refractivity contribution in [1.29, 1.82) is 0 Å². The molecular weight excluding hydrogens is 246 g/mol. The number of rotatable bonds is 2. The third-order valence-electron chi connectivity index (χ3n) is 1.11. The molecule has 0 radical (unpaired) electrons. The van der Waals surface area contributed by atoms with Gasteiger partial charge in [0.1, 0.15) is 0 Å². The molecule has 0 saturated heterocycles.